The molecule has 0 atom stereocenters. The smallest absolute Gasteiger partial charge is 0.300 e. The predicted octanol–water partition coefficient (Wildman–Crippen LogP) is 1.21. The van der Waals surface area contributed by atoms with Crippen molar-refractivity contribution in [2.45, 2.75) is 13.8 Å². The monoisotopic (exact) mass is 166 g/mol. The summed E-state index contributed by atoms with van der Waals surface area (Å²) in [6.07, 6.45) is 0. The molecule has 0 fully saturated rings. The van der Waals surface area contributed by atoms with Crippen LogP contribution in [-0.4, -0.2) is 22.8 Å². The van der Waals surface area contributed by atoms with Crippen molar-refractivity contribution in [1.29, 1.82) is 0 Å². The number of carboxylic acids is 1. The Morgan fingerprint density at radius 2 is 1.90 bits per heavy atom. The lowest BCUT2D eigenvalue weighted by atomic mass is 10.4. The Kier molecular flexibility index (Phi) is 10.3. The lowest BCUT2D eigenvalue weighted by Gasteiger charge is -1.83. The van der Waals surface area contributed by atoms with Crippen LogP contribution in [0.3, 0.4) is 0 Å². The third-order valence-electron chi connectivity index (χ3n) is 0.436. The van der Waals surface area contributed by atoms with Crippen molar-refractivity contribution in [2.75, 3.05) is 6.61 Å². The molecule has 0 saturated heterocycles. The first-order valence-electron chi connectivity index (χ1n) is 2.60. The average molecular weight is 167 g/mol. The molecule has 0 aliphatic heterocycles. The van der Waals surface area contributed by atoms with Crippen LogP contribution in [-0.2, 0) is 4.79 Å². The van der Waals surface area contributed by atoms with Crippen LogP contribution in [0.4, 0.5) is 0 Å². The molecule has 2 N–H and O–H groups in total. The van der Waals surface area contributed by atoms with Crippen molar-refractivity contribution in [2.24, 2.45) is 0 Å². The normalized spacial score (nSPS) is 9.80. The van der Waals surface area contributed by atoms with Gasteiger partial charge in [-0.1, -0.05) is 11.6 Å². The van der Waals surface area contributed by atoms with Gasteiger partial charge in [0.1, 0.15) is 0 Å². The second kappa shape index (κ2) is 8.46. The van der Waals surface area contributed by atoms with Crippen molar-refractivity contribution in [1.82, 2.24) is 0 Å². The molecule has 0 saturated carbocycles. The number of halogens is 1. The number of aliphatic hydroxyl groups is 1. The zero-order chi connectivity index (χ0) is 8.57. The fraction of sp³-hybridized carbons (Fsp3) is 0.500. The molecule has 3 nitrogen and oxygen atoms in total. The third kappa shape index (κ3) is 26.0. The largest absolute Gasteiger partial charge is 0.481 e. The summed E-state index contributed by atoms with van der Waals surface area (Å²) in [6, 6.07) is 0. The van der Waals surface area contributed by atoms with Gasteiger partial charge in [-0.3, -0.25) is 4.79 Å². The minimum Gasteiger partial charge on any atom is -0.481 e. The molecule has 0 aromatic rings. The maximum atomic E-state index is 9.00. The summed E-state index contributed by atoms with van der Waals surface area (Å²) in [7, 11) is 0. The first-order valence-corrected chi connectivity index (χ1v) is 3.04. The molecule has 0 radical (unpaired) electrons. The molecule has 0 bridgehead atoms. The molecule has 0 aromatic carbocycles. The van der Waals surface area contributed by atoms with Gasteiger partial charge in [0.2, 0.25) is 0 Å². The number of carbonyl (C=O) groups is 1. The number of rotatable bonds is 1. The summed E-state index contributed by atoms with van der Waals surface area (Å²) < 4.78 is 0. The fourth-order valence-electron chi connectivity index (χ4n) is 0.0345. The Labute approximate surface area is 64.9 Å². The molecule has 0 heterocycles. The molecule has 0 spiro atoms. The molecule has 0 unspecified atom stereocenters. The second-order valence-corrected chi connectivity index (χ2v) is 1.85. The van der Waals surface area contributed by atoms with Crippen LogP contribution >= 0.6 is 11.6 Å². The van der Waals surface area contributed by atoms with Crippen LogP contribution in [0.5, 0.6) is 0 Å². The lowest BCUT2D eigenvalue weighted by molar-refractivity contribution is -0.134. The third-order valence-corrected chi connectivity index (χ3v) is 0.808. The summed E-state index contributed by atoms with van der Waals surface area (Å²) in [4.78, 5) is 9.00. The van der Waals surface area contributed by atoms with Gasteiger partial charge in [0, 0.05) is 12.5 Å². The average Bonchev–Trinajstić information content (AvgIpc) is 1.85. The van der Waals surface area contributed by atoms with E-state index in [1.54, 1.807) is 6.92 Å². The van der Waals surface area contributed by atoms with Gasteiger partial charge in [0.15, 0.2) is 0 Å². The van der Waals surface area contributed by atoms with Crippen molar-refractivity contribution in [3.63, 3.8) is 0 Å². The van der Waals surface area contributed by atoms with E-state index in [0.29, 0.717) is 0 Å². The van der Waals surface area contributed by atoms with Gasteiger partial charge in [-0.2, -0.15) is 0 Å². The van der Waals surface area contributed by atoms with E-state index in [1.807, 2.05) is 0 Å². The molecule has 4 heteroatoms. The van der Waals surface area contributed by atoms with Gasteiger partial charge in [0.05, 0.1) is 6.61 Å². The molecule has 0 amide bonds. The van der Waals surface area contributed by atoms with E-state index < -0.39 is 5.97 Å². The Morgan fingerprint density at radius 3 is 1.90 bits per heavy atom. The Morgan fingerprint density at radius 1 is 1.60 bits per heavy atom. The highest BCUT2D eigenvalue weighted by molar-refractivity contribution is 6.25. The first-order chi connectivity index (χ1) is 4.54. The highest BCUT2D eigenvalue weighted by Crippen LogP contribution is 1.89. The van der Waals surface area contributed by atoms with Gasteiger partial charge in [-0.25, -0.2) is 0 Å². The van der Waals surface area contributed by atoms with E-state index in [9.17, 15) is 0 Å². The molecule has 0 aliphatic carbocycles. The van der Waals surface area contributed by atoms with E-state index in [2.05, 4.69) is 0 Å². The molecular formula is C6H11ClO3. The van der Waals surface area contributed by atoms with Gasteiger partial charge in [-0.15, -0.1) is 0 Å². The van der Waals surface area contributed by atoms with Gasteiger partial charge < -0.3 is 10.2 Å². The summed E-state index contributed by atoms with van der Waals surface area (Å²) in [5.41, 5.74) is 2.15. The van der Waals surface area contributed by atoms with Crippen molar-refractivity contribution < 1.29 is 15.0 Å². The SMILES string of the molecule is CC(=CCl)CO.CC(=O)O. The highest BCUT2D eigenvalue weighted by atomic mass is 35.5. The molecule has 0 aromatic heterocycles. The minimum atomic E-state index is -0.833. The molecule has 0 rings (SSSR count). The minimum absolute atomic E-state index is 0.0590. The number of aliphatic hydroxyl groups excluding tert-OH is 1. The zero-order valence-electron chi connectivity index (χ0n) is 5.97. The van der Waals surface area contributed by atoms with Crippen LogP contribution in [0.15, 0.2) is 11.1 Å². The number of carboxylic acid groups (broad SMARTS) is 1. The summed E-state index contributed by atoms with van der Waals surface area (Å²) in [5.74, 6) is -0.833. The molecular weight excluding hydrogens is 156 g/mol. The molecule has 60 valence electrons. The molecule has 10 heavy (non-hydrogen) atoms. The topological polar surface area (TPSA) is 57.5 Å². The van der Waals surface area contributed by atoms with E-state index in [1.165, 1.54) is 5.54 Å². The predicted molar refractivity (Wildman–Crippen MR) is 40.0 cm³/mol. The highest BCUT2D eigenvalue weighted by Gasteiger charge is 1.76. The van der Waals surface area contributed by atoms with Crippen LogP contribution < -0.4 is 0 Å². The number of aliphatic carboxylic acids is 1. The number of hydrogen-bond acceptors (Lipinski definition) is 2. The standard InChI is InChI=1S/C4H7ClO.C2H4O2/c1-4(2-5)3-6;1-2(3)4/h2,6H,3H2,1H3;1H3,(H,3,4). The number of hydrogen-bond donors (Lipinski definition) is 2. The van der Waals surface area contributed by atoms with Crippen LogP contribution in [0.25, 0.3) is 0 Å². The lowest BCUT2D eigenvalue weighted by Crippen LogP contribution is -1.78. The van der Waals surface area contributed by atoms with Crippen LogP contribution in [0.1, 0.15) is 13.8 Å². The van der Waals surface area contributed by atoms with Gasteiger partial charge >= 0.3 is 0 Å². The maximum Gasteiger partial charge on any atom is 0.300 e. The van der Waals surface area contributed by atoms with E-state index >= 15 is 0 Å². The van der Waals surface area contributed by atoms with Crippen LogP contribution in [0, 0.1) is 0 Å². The van der Waals surface area contributed by atoms with E-state index in [0.717, 1.165) is 12.5 Å². The van der Waals surface area contributed by atoms with Gasteiger partial charge in [-0.05, 0) is 12.5 Å². The zero-order valence-corrected chi connectivity index (χ0v) is 6.72. The van der Waals surface area contributed by atoms with Crippen molar-refractivity contribution >= 4 is 17.6 Å². The Bertz CT molecular complexity index is 116. The quantitative estimate of drug-likeness (QED) is 0.616. The van der Waals surface area contributed by atoms with E-state index in [4.69, 9.17) is 26.6 Å². The van der Waals surface area contributed by atoms with Gasteiger partial charge in [0.25, 0.3) is 5.97 Å². The van der Waals surface area contributed by atoms with Crippen LogP contribution in [0.2, 0.25) is 0 Å². The summed E-state index contributed by atoms with van der Waals surface area (Å²) >= 11 is 5.13. The Hall–Kier alpha value is -0.540. The summed E-state index contributed by atoms with van der Waals surface area (Å²) in [6.45, 7) is 2.90. The second-order valence-electron chi connectivity index (χ2n) is 1.63. The Balaban J connectivity index is 0. The van der Waals surface area contributed by atoms with Crippen molar-refractivity contribution in [3.8, 4) is 0 Å². The first kappa shape index (κ1) is 12.2. The maximum absolute atomic E-state index is 9.00. The fourth-order valence-corrected chi connectivity index (χ4v) is 0.104. The summed E-state index contributed by atoms with van der Waals surface area (Å²) in [5, 5.41) is 15.6. The molecule has 0 aliphatic rings. The van der Waals surface area contributed by atoms with E-state index in [-0.39, 0.29) is 6.61 Å². The van der Waals surface area contributed by atoms with Crippen molar-refractivity contribution in [3.05, 3.63) is 11.1 Å².